The van der Waals surface area contributed by atoms with Gasteiger partial charge in [-0.1, -0.05) is 30.9 Å². The molecule has 0 radical (unpaired) electrons. The van der Waals surface area contributed by atoms with E-state index in [1.54, 1.807) is 0 Å². The van der Waals surface area contributed by atoms with Crippen molar-refractivity contribution in [2.24, 2.45) is 5.92 Å². The summed E-state index contributed by atoms with van der Waals surface area (Å²) in [5.41, 5.74) is 2.23. The Morgan fingerprint density at radius 3 is 2.45 bits per heavy atom. The van der Waals surface area contributed by atoms with E-state index in [4.69, 9.17) is 16.3 Å². The van der Waals surface area contributed by atoms with E-state index in [1.807, 2.05) is 26.0 Å². The Morgan fingerprint density at radius 1 is 1.15 bits per heavy atom. The molecule has 0 aromatic heterocycles. The van der Waals surface area contributed by atoms with Gasteiger partial charge in [0.1, 0.15) is 12.4 Å². The first-order chi connectivity index (χ1) is 9.66. The van der Waals surface area contributed by atoms with Crippen LogP contribution in [-0.4, -0.2) is 19.7 Å². The lowest BCUT2D eigenvalue weighted by Crippen LogP contribution is -2.28. The third kappa shape index (κ3) is 4.68. The van der Waals surface area contributed by atoms with Crippen molar-refractivity contribution in [1.82, 2.24) is 5.32 Å². The van der Waals surface area contributed by atoms with Crippen LogP contribution in [0.3, 0.4) is 0 Å². The average Bonchev–Trinajstić information content (AvgIpc) is 2.42. The molecule has 0 saturated heterocycles. The Balaban J connectivity index is 1.68. The molecular weight excluding hydrogens is 270 g/mol. The lowest BCUT2D eigenvalue weighted by atomic mass is 9.89. The first-order valence-corrected chi connectivity index (χ1v) is 8.15. The van der Waals surface area contributed by atoms with Gasteiger partial charge in [-0.2, -0.15) is 0 Å². The highest BCUT2D eigenvalue weighted by atomic mass is 35.5. The quantitative estimate of drug-likeness (QED) is 0.780. The van der Waals surface area contributed by atoms with Crippen molar-refractivity contribution in [3.05, 3.63) is 28.3 Å². The van der Waals surface area contributed by atoms with Crippen LogP contribution in [0.2, 0.25) is 5.02 Å². The highest BCUT2D eigenvalue weighted by Crippen LogP contribution is 2.27. The normalized spacial score (nSPS) is 16.4. The van der Waals surface area contributed by atoms with E-state index < -0.39 is 0 Å². The second-order valence-electron chi connectivity index (χ2n) is 5.93. The minimum atomic E-state index is 0.718. The highest BCUT2D eigenvalue weighted by molar-refractivity contribution is 6.30. The lowest BCUT2D eigenvalue weighted by Gasteiger charge is -2.22. The van der Waals surface area contributed by atoms with Crippen LogP contribution in [0.4, 0.5) is 0 Å². The van der Waals surface area contributed by atoms with Gasteiger partial charge in [0.25, 0.3) is 0 Å². The predicted molar refractivity (Wildman–Crippen MR) is 85.9 cm³/mol. The first-order valence-electron chi connectivity index (χ1n) is 7.77. The van der Waals surface area contributed by atoms with Gasteiger partial charge < -0.3 is 10.1 Å². The second-order valence-corrected chi connectivity index (χ2v) is 6.36. The molecule has 0 aliphatic heterocycles. The largest absolute Gasteiger partial charge is 0.492 e. The first kappa shape index (κ1) is 15.7. The summed E-state index contributed by atoms with van der Waals surface area (Å²) >= 11 is 6.02. The number of rotatable bonds is 6. The third-order valence-electron chi connectivity index (χ3n) is 4.11. The van der Waals surface area contributed by atoms with Crippen LogP contribution in [0.5, 0.6) is 5.75 Å². The van der Waals surface area contributed by atoms with Crippen LogP contribution in [0, 0.1) is 19.8 Å². The summed E-state index contributed by atoms with van der Waals surface area (Å²) < 4.78 is 5.89. The van der Waals surface area contributed by atoms with Crippen LogP contribution < -0.4 is 10.1 Å². The van der Waals surface area contributed by atoms with Gasteiger partial charge in [0.15, 0.2) is 0 Å². The van der Waals surface area contributed by atoms with Gasteiger partial charge in [0, 0.05) is 11.6 Å². The SMILES string of the molecule is Cc1cc(Cl)cc(C)c1OCCNCC1CCCCC1. The Kier molecular flexibility index (Phi) is 6.18. The Morgan fingerprint density at radius 2 is 1.80 bits per heavy atom. The van der Waals surface area contributed by atoms with Crippen molar-refractivity contribution in [3.63, 3.8) is 0 Å². The Bertz CT molecular complexity index is 404. The summed E-state index contributed by atoms with van der Waals surface area (Å²) in [6, 6.07) is 3.92. The summed E-state index contributed by atoms with van der Waals surface area (Å²) in [7, 11) is 0. The van der Waals surface area contributed by atoms with Gasteiger partial charge in [-0.05, 0) is 62.4 Å². The van der Waals surface area contributed by atoms with Crippen LogP contribution in [0.1, 0.15) is 43.2 Å². The summed E-state index contributed by atoms with van der Waals surface area (Å²) in [5.74, 6) is 1.86. The van der Waals surface area contributed by atoms with E-state index in [0.29, 0.717) is 0 Å². The summed E-state index contributed by atoms with van der Waals surface area (Å²) in [4.78, 5) is 0. The van der Waals surface area contributed by atoms with E-state index in [1.165, 1.54) is 32.1 Å². The number of benzene rings is 1. The molecule has 3 heteroatoms. The zero-order chi connectivity index (χ0) is 14.4. The summed E-state index contributed by atoms with van der Waals surface area (Å²) in [6.07, 6.45) is 7.03. The molecule has 0 amide bonds. The molecular formula is C17H26ClNO. The number of nitrogens with one attached hydrogen (secondary N) is 1. The lowest BCUT2D eigenvalue weighted by molar-refractivity contribution is 0.292. The molecule has 20 heavy (non-hydrogen) atoms. The molecule has 0 heterocycles. The van der Waals surface area contributed by atoms with E-state index in [0.717, 1.165) is 47.5 Å². The van der Waals surface area contributed by atoms with E-state index in [-0.39, 0.29) is 0 Å². The molecule has 0 atom stereocenters. The van der Waals surface area contributed by atoms with E-state index >= 15 is 0 Å². The molecule has 1 aliphatic rings. The van der Waals surface area contributed by atoms with Crippen molar-refractivity contribution in [3.8, 4) is 5.75 Å². The number of halogens is 1. The van der Waals surface area contributed by atoms with Gasteiger partial charge in [-0.3, -0.25) is 0 Å². The highest BCUT2D eigenvalue weighted by Gasteiger charge is 2.12. The van der Waals surface area contributed by atoms with Gasteiger partial charge in [-0.15, -0.1) is 0 Å². The zero-order valence-electron chi connectivity index (χ0n) is 12.7. The number of aryl methyl sites for hydroxylation is 2. The van der Waals surface area contributed by atoms with E-state index in [9.17, 15) is 0 Å². The van der Waals surface area contributed by atoms with Crippen molar-refractivity contribution in [2.75, 3.05) is 19.7 Å². The predicted octanol–water partition coefficient (Wildman–Crippen LogP) is 4.51. The molecule has 1 aromatic rings. The number of hydrogen-bond donors (Lipinski definition) is 1. The maximum absolute atomic E-state index is 6.02. The fraction of sp³-hybridized carbons (Fsp3) is 0.647. The molecule has 1 N–H and O–H groups in total. The fourth-order valence-corrected chi connectivity index (χ4v) is 3.38. The summed E-state index contributed by atoms with van der Waals surface area (Å²) in [6.45, 7) is 6.86. The van der Waals surface area contributed by atoms with Crippen LogP contribution in [0.25, 0.3) is 0 Å². The maximum Gasteiger partial charge on any atom is 0.125 e. The van der Waals surface area contributed by atoms with Gasteiger partial charge in [0.05, 0.1) is 0 Å². The van der Waals surface area contributed by atoms with Gasteiger partial charge in [-0.25, -0.2) is 0 Å². The van der Waals surface area contributed by atoms with Crippen molar-refractivity contribution >= 4 is 11.6 Å². The van der Waals surface area contributed by atoms with Crippen molar-refractivity contribution in [1.29, 1.82) is 0 Å². The topological polar surface area (TPSA) is 21.3 Å². The third-order valence-corrected chi connectivity index (χ3v) is 4.33. The van der Waals surface area contributed by atoms with Crippen molar-refractivity contribution < 1.29 is 4.74 Å². The molecule has 1 aromatic carbocycles. The van der Waals surface area contributed by atoms with Crippen molar-refractivity contribution in [2.45, 2.75) is 46.0 Å². The average molecular weight is 296 g/mol. The molecule has 0 bridgehead atoms. The molecule has 1 fully saturated rings. The molecule has 2 rings (SSSR count). The fourth-order valence-electron chi connectivity index (χ4n) is 3.05. The standard InChI is InChI=1S/C17H26ClNO/c1-13-10-16(18)11-14(2)17(13)20-9-8-19-12-15-6-4-3-5-7-15/h10-11,15,19H,3-9,12H2,1-2H3. The second kappa shape index (κ2) is 7.90. The maximum atomic E-state index is 6.02. The minimum Gasteiger partial charge on any atom is -0.492 e. The molecule has 1 saturated carbocycles. The smallest absolute Gasteiger partial charge is 0.125 e. The summed E-state index contributed by atoms with van der Waals surface area (Å²) in [5, 5.41) is 4.30. The molecule has 0 unspecified atom stereocenters. The Hall–Kier alpha value is -0.730. The molecule has 1 aliphatic carbocycles. The minimum absolute atomic E-state index is 0.718. The molecule has 0 spiro atoms. The number of hydrogen-bond acceptors (Lipinski definition) is 2. The van der Waals surface area contributed by atoms with Gasteiger partial charge in [0.2, 0.25) is 0 Å². The number of ether oxygens (including phenoxy) is 1. The van der Waals surface area contributed by atoms with Crippen LogP contribution >= 0.6 is 11.6 Å². The molecule has 112 valence electrons. The van der Waals surface area contributed by atoms with Crippen LogP contribution in [-0.2, 0) is 0 Å². The van der Waals surface area contributed by atoms with Gasteiger partial charge >= 0.3 is 0 Å². The van der Waals surface area contributed by atoms with Crippen LogP contribution in [0.15, 0.2) is 12.1 Å². The molecule has 2 nitrogen and oxygen atoms in total. The van der Waals surface area contributed by atoms with E-state index in [2.05, 4.69) is 5.32 Å². The Labute approximate surface area is 127 Å². The zero-order valence-corrected chi connectivity index (χ0v) is 13.4. The monoisotopic (exact) mass is 295 g/mol.